The number of alkyl halides is 3. The SMILES string of the molecule is CS(=O)(=O)NC1CCN(C(=O)OCC(F)(F)F)CC1. The van der Waals surface area contributed by atoms with Crippen LogP contribution in [-0.2, 0) is 14.8 Å². The van der Waals surface area contributed by atoms with E-state index in [1.54, 1.807) is 0 Å². The molecule has 1 N–H and O–H groups in total. The summed E-state index contributed by atoms with van der Waals surface area (Å²) in [6.45, 7) is -1.30. The molecule has 0 bridgehead atoms. The second kappa shape index (κ2) is 5.95. The van der Waals surface area contributed by atoms with Gasteiger partial charge in [0.1, 0.15) is 0 Å². The highest BCUT2D eigenvalue weighted by Gasteiger charge is 2.32. The van der Waals surface area contributed by atoms with Crippen LogP contribution in [0, 0.1) is 0 Å². The maximum absolute atomic E-state index is 11.9. The largest absolute Gasteiger partial charge is 0.440 e. The van der Waals surface area contributed by atoms with Gasteiger partial charge in [-0.25, -0.2) is 17.9 Å². The van der Waals surface area contributed by atoms with E-state index in [4.69, 9.17) is 0 Å². The molecule has 1 heterocycles. The minimum atomic E-state index is -4.55. The molecule has 10 heteroatoms. The van der Waals surface area contributed by atoms with Gasteiger partial charge >= 0.3 is 12.3 Å². The van der Waals surface area contributed by atoms with E-state index in [2.05, 4.69) is 9.46 Å². The zero-order valence-corrected chi connectivity index (χ0v) is 11.1. The van der Waals surface area contributed by atoms with Crippen LogP contribution in [0.4, 0.5) is 18.0 Å². The van der Waals surface area contributed by atoms with Gasteiger partial charge in [0.25, 0.3) is 0 Å². The van der Waals surface area contributed by atoms with Crippen molar-refractivity contribution in [2.24, 2.45) is 0 Å². The molecule has 0 unspecified atom stereocenters. The average Bonchev–Trinajstić information content (AvgIpc) is 2.23. The van der Waals surface area contributed by atoms with Crippen molar-refractivity contribution in [1.82, 2.24) is 9.62 Å². The maximum Gasteiger partial charge on any atom is 0.422 e. The van der Waals surface area contributed by atoms with Crippen LogP contribution in [0.1, 0.15) is 12.8 Å². The van der Waals surface area contributed by atoms with Gasteiger partial charge < -0.3 is 9.64 Å². The topological polar surface area (TPSA) is 75.7 Å². The molecule has 1 rings (SSSR count). The molecule has 0 spiro atoms. The van der Waals surface area contributed by atoms with Crippen molar-refractivity contribution in [2.45, 2.75) is 25.1 Å². The molecule has 0 aromatic heterocycles. The third kappa shape index (κ3) is 6.62. The van der Waals surface area contributed by atoms with Crippen LogP contribution in [0.3, 0.4) is 0 Å². The molecule has 1 amide bonds. The fraction of sp³-hybridized carbons (Fsp3) is 0.889. The first-order valence-electron chi connectivity index (χ1n) is 5.52. The summed E-state index contributed by atoms with van der Waals surface area (Å²) >= 11 is 0. The standard InChI is InChI=1S/C9H15F3N2O4S/c1-19(16,17)13-7-2-4-14(5-3-7)8(15)18-6-9(10,11)12/h7,13H,2-6H2,1H3. The van der Waals surface area contributed by atoms with E-state index in [1.807, 2.05) is 0 Å². The first-order valence-corrected chi connectivity index (χ1v) is 7.42. The highest BCUT2D eigenvalue weighted by molar-refractivity contribution is 7.88. The highest BCUT2D eigenvalue weighted by Crippen LogP contribution is 2.17. The molecule has 6 nitrogen and oxygen atoms in total. The smallest absolute Gasteiger partial charge is 0.422 e. The molecule has 1 aliphatic heterocycles. The lowest BCUT2D eigenvalue weighted by molar-refractivity contribution is -0.162. The van der Waals surface area contributed by atoms with Crippen LogP contribution < -0.4 is 4.72 Å². The summed E-state index contributed by atoms with van der Waals surface area (Å²) in [5.74, 6) is 0. The van der Waals surface area contributed by atoms with Gasteiger partial charge in [-0.05, 0) is 12.8 Å². The van der Waals surface area contributed by atoms with Gasteiger partial charge in [0.2, 0.25) is 10.0 Å². The normalized spacial score (nSPS) is 18.4. The number of likely N-dealkylation sites (tertiary alicyclic amines) is 1. The molecule has 1 aliphatic rings. The fourth-order valence-electron chi connectivity index (χ4n) is 1.72. The van der Waals surface area contributed by atoms with Crippen LogP contribution in [0.2, 0.25) is 0 Å². The Bertz CT molecular complexity index is 416. The van der Waals surface area contributed by atoms with E-state index in [9.17, 15) is 26.4 Å². The van der Waals surface area contributed by atoms with Crippen LogP contribution >= 0.6 is 0 Å². The highest BCUT2D eigenvalue weighted by atomic mass is 32.2. The number of carbonyl (C=O) groups excluding carboxylic acids is 1. The first kappa shape index (κ1) is 16.0. The molecule has 0 aromatic rings. The first-order chi connectivity index (χ1) is 8.57. The van der Waals surface area contributed by atoms with E-state index >= 15 is 0 Å². The Morgan fingerprint density at radius 1 is 1.37 bits per heavy atom. The van der Waals surface area contributed by atoms with E-state index < -0.39 is 28.9 Å². The van der Waals surface area contributed by atoms with Gasteiger partial charge in [-0.2, -0.15) is 13.2 Å². The summed E-state index contributed by atoms with van der Waals surface area (Å²) in [4.78, 5) is 12.4. The number of nitrogens with one attached hydrogen (secondary N) is 1. The van der Waals surface area contributed by atoms with Gasteiger partial charge in [-0.15, -0.1) is 0 Å². The molecule has 1 saturated heterocycles. The van der Waals surface area contributed by atoms with Gasteiger partial charge in [-0.3, -0.25) is 0 Å². The van der Waals surface area contributed by atoms with Crippen molar-refractivity contribution >= 4 is 16.1 Å². The third-order valence-electron chi connectivity index (χ3n) is 2.49. The number of carbonyl (C=O) groups is 1. The monoisotopic (exact) mass is 304 g/mol. The van der Waals surface area contributed by atoms with Crippen molar-refractivity contribution in [1.29, 1.82) is 0 Å². The van der Waals surface area contributed by atoms with Gasteiger partial charge in [-0.1, -0.05) is 0 Å². The molecule has 0 aliphatic carbocycles. The average molecular weight is 304 g/mol. The van der Waals surface area contributed by atoms with Crippen molar-refractivity contribution < 1.29 is 31.1 Å². The van der Waals surface area contributed by atoms with Crippen LogP contribution in [-0.4, -0.2) is 57.6 Å². The number of hydrogen-bond donors (Lipinski definition) is 1. The predicted octanol–water partition coefficient (Wildman–Crippen LogP) is 0.699. The lowest BCUT2D eigenvalue weighted by Gasteiger charge is -2.31. The van der Waals surface area contributed by atoms with E-state index in [1.165, 1.54) is 0 Å². The minimum absolute atomic E-state index is 0.157. The summed E-state index contributed by atoms with van der Waals surface area (Å²) in [5, 5.41) is 0. The molecule has 19 heavy (non-hydrogen) atoms. The molecule has 0 atom stereocenters. The maximum atomic E-state index is 11.9. The minimum Gasteiger partial charge on any atom is -0.440 e. The Kier molecular flexibility index (Phi) is 5.02. The number of sulfonamides is 1. The van der Waals surface area contributed by atoms with Gasteiger partial charge in [0.05, 0.1) is 6.26 Å². The Balaban J connectivity index is 2.35. The number of ether oxygens (including phenoxy) is 1. The summed E-state index contributed by atoms with van der Waals surface area (Å²) in [6, 6.07) is -0.304. The van der Waals surface area contributed by atoms with Gasteiger partial charge in [0, 0.05) is 19.1 Å². The number of rotatable bonds is 3. The number of hydrogen-bond acceptors (Lipinski definition) is 4. The second-order valence-electron chi connectivity index (χ2n) is 4.32. The summed E-state index contributed by atoms with van der Waals surface area (Å²) < 4.78 is 64.0. The zero-order valence-electron chi connectivity index (χ0n) is 10.2. The van der Waals surface area contributed by atoms with Crippen LogP contribution in [0.15, 0.2) is 0 Å². The summed E-state index contributed by atoms with van der Waals surface area (Å²) in [5.41, 5.74) is 0. The van der Waals surface area contributed by atoms with Crippen molar-refractivity contribution in [3.63, 3.8) is 0 Å². The third-order valence-corrected chi connectivity index (χ3v) is 3.25. The number of amides is 1. The van der Waals surface area contributed by atoms with E-state index in [0.717, 1.165) is 11.2 Å². The number of halogens is 3. The lowest BCUT2D eigenvalue weighted by atomic mass is 10.1. The second-order valence-corrected chi connectivity index (χ2v) is 6.10. The predicted molar refractivity (Wildman–Crippen MR) is 60.0 cm³/mol. The molecule has 1 fully saturated rings. The van der Waals surface area contributed by atoms with Crippen LogP contribution in [0.25, 0.3) is 0 Å². The summed E-state index contributed by atoms with van der Waals surface area (Å²) in [7, 11) is -3.32. The Hall–Kier alpha value is -1.03. The molecular weight excluding hydrogens is 289 g/mol. The van der Waals surface area contributed by atoms with E-state index in [0.29, 0.717) is 12.8 Å². The Morgan fingerprint density at radius 2 is 1.89 bits per heavy atom. The Labute approximate surface area is 108 Å². The number of piperidine rings is 1. The Morgan fingerprint density at radius 3 is 2.32 bits per heavy atom. The van der Waals surface area contributed by atoms with Crippen molar-refractivity contribution in [3.8, 4) is 0 Å². The fourth-order valence-corrected chi connectivity index (χ4v) is 2.56. The molecular formula is C9H15F3N2O4S. The molecule has 0 saturated carbocycles. The zero-order chi connectivity index (χ0) is 14.7. The van der Waals surface area contributed by atoms with Crippen molar-refractivity contribution in [2.75, 3.05) is 26.0 Å². The molecule has 0 aromatic carbocycles. The van der Waals surface area contributed by atoms with Crippen LogP contribution in [0.5, 0.6) is 0 Å². The lowest BCUT2D eigenvalue weighted by Crippen LogP contribution is -2.46. The number of nitrogens with zero attached hydrogens (tertiary/aromatic N) is 1. The summed E-state index contributed by atoms with van der Waals surface area (Å²) in [6.07, 6.45) is -3.87. The van der Waals surface area contributed by atoms with Crippen molar-refractivity contribution in [3.05, 3.63) is 0 Å². The quantitative estimate of drug-likeness (QED) is 0.833. The molecule has 112 valence electrons. The van der Waals surface area contributed by atoms with Gasteiger partial charge in [0.15, 0.2) is 6.61 Å². The van der Waals surface area contributed by atoms with E-state index in [-0.39, 0.29) is 19.1 Å². The molecule has 0 radical (unpaired) electrons.